The lowest BCUT2D eigenvalue weighted by atomic mass is 10.1. The van der Waals surface area contributed by atoms with Crippen LogP contribution in [0.5, 0.6) is 0 Å². The van der Waals surface area contributed by atoms with Crippen LogP contribution in [0.15, 0.2) is 41.0 Å². The highest BCUT2D eigenvalue weighted by Crippen LogP contribution is 2.07. The van der Waals surface area contributed by atoms with Crippen molar-refractivity contribution in [3.63, 3.8) is 0 Å². The minimum atomic E-state index is -0.625. The Balaban J connectivity index is 1.93. The molecule has 0 bridgehead atoms. The van der Waals surface area contributed by atoms with Crippen molar-refractivity contribution in [3.05, 3.63) is 47.9 Å². The number of oxazole rings is 1. The number of nitrogens with zero attached hydrogens (tertiary/aromatic N) is 1. The van der Waals surface area contributed by atoms with Crippen LogP contribution in [0.25, 0.3) is 0 Å². The average molecular weight is 245 g/mol. The Bertz CT molecular complexity index is 522. The third-order valence-electron chi connectivity index (χ3n) is 2.48. The highest BCUT2D eigenvalue weighted by Gasteiger charge is 2.16. The highest BCUT2D eigenvalue weighted by atomic mass is 16.4. The Morgan fingerprint density at radius 1 is 1.44 bits per heavy atom. The first kappa shape index (κ1) is 12.3. The van der Waals surface area contributed by atoms with Gasteiger partial charge in [0.25, 0.3) is 0 Å². The second-order valence-electron chi connectivity index (χ2n) is 4.08. The quantitative estimate of drug-likeness (QED) is 0.855. The van der Waals surface area contributed by atoms with E-state index < -0.39 is 6.04 Å². The number of hydrogen-bond donors (Lipinski definition) is 2. The molecule has 1 atom stereocenters. The normalized spacial score (nSPS) is 12.1. The van der Waals surface area contributed by atoms with Crippen molar-refractivity contribution in [2.75, 3.05) is 5.32 Å². The number of nitrogens with two attached hydrogens (primary N) is 1. The topological polar surface area (TPSA) is 81.2 Å². The van der Waals surface area contributed by atoms with E-state index in [9.17, 15) is 4.79 Å². The van der Waals surface area contributed by atoms with Gasteiger partial charge in [0.15, 0.2) is 0 Å². The molecule has 2 rings (SSSR count). The molecule has 0 aliphatic carbocycles. The standard InChI is InChI=1S/C13H15N3O2/c1-9-8-18-13(15-9)16-12(17)11(14)7-10-5-3-2-4-6-10/h2-6,8,11H,7,14H2,1H3,(H,15,16,17)/t11-/m0/s1. The third-order valence-corrected chi connectivity index (χ3v) is 2.48. The minimum absolute atomic E-state index is 0.181. The lowest BCUT2D eigenvalue weighted by molar-refractivity contribution is -0.117. The molecule has 18 heavy (non-hydrogen) atoms. The van der Waals surface area contributed by atoms with Crippen LogP contribution in [0.1, 0.15) is 11.3 Å². The van der Waals surface area contributed by atoms with Gasteiger partial charge in [-0.25, -0.2) is 0 Å². The van der Waals surface area contributed by atoms with E-state index in [0.29, 0.717) is 12.1 Å². The van der Waals surface area contributed by atoms with Crippen molar-refractivity contribution >= 4 is 11.9 Å². The maximum atomic E-state index is 11.8. The molecule has 0 fully saturated rings. The number of benzene rings is 1. The summed E-state index contributed by atoms with van der Waals surface area (Å²) in [4.78, 5) is 15.8. The van der Waals surface area contributed by atoms with E-state index >= 15 is 0 Å². The summed E-state index contributed by atoms with van der Waals surface area (Å²) in [7, 11) is 0. The van der Waals surface area contributed by atoms with Crippen LogP contribution in [-0.4, -0.2) is 16.9 Å². The number of carbonyl (C=O) groups is 1. The fourth-order valence-corrected chi connectivity index (χ4v) is 1.57. The Hall–Kier alpha value is -2.14. The first-order valence-electron chi connectivity index (χ1n) is 5.67. The van der Waals surface area contributed by atoms with E-state index in [1.807, 2.05) is 30.3 Å². The van der Waals surface area contributed by atoms with Crippen LogP contribution in [0.3, 0.4) is 0 Å². The van der Waals surface area contributed by atoms with E-state index in [1.54, 1.807) is 6.92 Å². The van der Waals surface area contributed by atoms with Gasteiger partial charge < -0.3 is 10.2 Å². The molecule has 0 unspecified atom stereocenters. The predicted molar refractivity (Wildman–Crippen MR) is 68.0 cm³/mol. The number of rotatable bonds is 4. The van der Waals surface area contributed by atoms with E-state index in [-0.39, 0.29) is 11.9 Å². The van der Waals surface area contributed by atoms with Gasteiger partial charge in [-0.2, -0.15) is 4.98 Å². The second kappa shape index (κ2) is 5.46. The molecule has 0 saturated carbocycles. The molecule has 1 aromatic heterocycles. The molecule has 0 saturated heterocycles. The van der Waals surface area contributed by atoms with Gasteiger partial charge in [0.05, 0.1) is 11.7 Å². The lowest BCUT2D eigenvalue weighted by Crippen LogP contribution is -2.37. The predicted octanol–water partition coefficient (Wildman–Crippen LogP) is 1.49. The molecule has 2 aromatic rings. The van der Waals surface area contributed by atoms with Crippen LogP contribution in [0.4, 0.5) is 6.01 Å². The number of carbonyl (C=O) groups excluding carboxylic acids is 1. The molecule has 0 radical (unpaired) electrons. The Kier molecular flexibility index (Phi) is 3.74. The fourth-order valence-electron chi connectivity index (χ4n) is 1.57. The molecule has 0 aliphatic rings. The summed E-state index contributed by atoms with van der Waals surface area (Å²) in [5, 5.41) is 2.54. The lowest BCUT2D eigenvalue weighted by Gasteiger charge is -2.10. The highest BCUT2D eigenvalue weighted by molar-refractivity contribution is 5.93. The summed E-state index contributed by atoms with van der Waals surface area (Å²) in [6, 6.07) is 9.17. The van der Waals surface area contributed by atoms with Gasteiger partial charge in [-0.1, -0.05) is 30.3 Å². The summed E-state index contributed by atoms with van der Waals surface area (Å²) < 4.78 is 5.04. The van der Waals surface area contributed by atoms with Crippen molar-refractivity contribution in [3.8, 4) is 0 Å². The monoisotopic (exact) mass is 245 g/mol. The van der Waals surface area contributed by atoms with Gasteiger partial charge in [-0.05, 0) is 18.9 Å². The summed E-state index contributed by atoms with van der Waals surface area (Å²) in [5.41, 5.74) is 7.55. The summed E-state index contributed by atoms with van der Waals surface area (Å²) >= 11 is 0. The van der Waals surface area contributed by atoms with Crippen molar-refractivity contribution in [2.45, 2.75) is 19.4 Å². The van der Waals surface area contributed by atoms with Gasteiger partial charge in [0.1, 0.15) is 6.26 Å². The second-order valence-corrected chi connectivity index (χ2v) is 4.08. The van der Waals surface area contributed by atoms with Crippen LogP contribution < -0.4 is 11.1 Å². The van der Waals surface area contributed by atoms with Crippen molar-refractivity contribution < 1.29 is 9.21 Å². The van der Waals surface area contributed by atoms with E-state index in [1.165, 1.54) is 6.26 Å². The molecule has 1 heterocycles. The van der Waals surface area contributed by atoms with Crippen molar-refractivity contribution in [2.24, 2.45) is 5.73 Å². The zero-order valence-electron chi connectivity index (χ0n) is 10.1. The molecule has 94 valence electrons. The molecule has 5 nitrogen and oxygen atoms in total. The van der Waals surface area contributed by atoms with Crippen LogP contribution in [0, 0.1) is 6.92 Å². The first-order valence-corrected chi connectivity index (χ1v) is 5.67. The largest absolute Gasteiger partial charge is 0.432 e. The van der Waals surface area contributed by atoms with Crippen LogP contribution >= 0.6 is 0 Å². The van der Waals surface area contributed by atoms with Crippen LogP contribution in [-0.2, 0) is 11.2 Å². The van der Waals surface area contributed by atoms with Crippen molar-refractivity contribution in [1.29, 1.82) is 0 Å². The van der Waals surface area contributed by atoms with Gasteiger partial charge in [0, 0.05) is 0 Å². The number of aromatic nitrogens is 1. The zero-order chi connectivity index (χ0) is 13.0. The van der Waals surface area contributed by atoms with Gasteiger partial charge >= 0.3 is 6.01 Å². The summed E-state index contributed by atoms with van der Waals surface area (Å²) in [6.07, 6.45) is 1.95. The summed E-state index contributed by atoms with van der Waals surface area (Å²) in [5.74, 6) is -0.305. The van der Waals surface area contributed by atoms with Crippen LogP contribution in [0.2, 0.25) is 0 Å². The van der Waals surface area contributed by atoms with E-state index in [2.05, 4.69) is 10.3 Å². The first-order chi connectivity index (χ1) is 8.65. The molecule has 1 amide bonds. The van der Waals surface area contributed by atoms with Gasteiger partial charge in [-0.3, -0.25) is 10.1 Å². The maximum absolute atomic E-state index is 11.8. The number of nitrogens with one attached hydrogen (secondary N) is 1. The molecule has 5 heteroatoms. The Morgan fingerprint density at radius 2 is 2.17 bits per heavy atom. The van der Waals surface area contributed by atoms with Gasteiger partial charge in [-0.15, -0.1) is 0 Å². The maximum Gasteiger partial charge on any atom is 0.301 e. The molecular formula is C13H15N3O2. The number of hydrogen-bond acceptors (Lipinski definition) is 4. The molecule has 0 aliphatic heterocycles. The fraction of sp³-hybridized carbons (Fsp3) is 0.231. The van der Waals surface area contributed by atoms with E-state index in [4.69, 9.17) is 10.2 Å². The number of aryl methyl sites for hydroxylation is 1. The molecular weight excluding hydrogens is 230 g/mol. The summed E-state index contributed by atoms with van der Waals surface area (Å²) in [6.45, 7) is 1.78. The zero-order valence-corrected chi connectivity index (χ0v) is 10.1. The minimum Gasteiger partial charge on any atom is -0.432 e. The average Bonchev–Trinajstić information content (AvgIpc) is 2.76. The molecule has 3 N–H and O–H groups in total. The molecule has 1 aromatic carbocycles. The SMILES string of the molecule is Cc1coc(NC(=O)[C@@H](N)Cc2ccccc2)n1. The number of anilines is 1. The van der Waals surface area contributed by atoms with Gasteiger partial charge in [0.2, 0.25) is 5.91 Å². The number of amides is 1. The Labute approximate surface area is 105 Å². The third kappa shape index (κ3) is 3.18. The van der Waals surface area contributed by atoms with Crippen molar-refractivity contribution in [1.82, 2.24) is 4.98 Å². The smallest absolute Gasteiger partial charge is 0.301 e. The Morgan fingerprint density at radius 3 is 2.78 bits per heavy atom. The molecule has 0 spiro atoms. The van der Waals surface area contributed by atoms with E-state index in [0.717, 1.165) is 5.56 Å².